The molecule has 2 aliphatic heterocycles. The zero-order valence-corrected chi connectivity index (χ0v) is 15.5. The summed E-state index contributed by atoms with van der Waals surface area (Å²) < 4.78 is 68.5. The molecular formula is C18H20F3N3O2S. The van der Waals surface area contributed by atoms with Gasteiger partial charge in [0.15, 0.2) is 5.03 Å². The van der Waals surface area contributed by atoms with E-state index in [0.717, 1.165) is 10.2 Å². The van der Waals surface area contributed by atoms with Gasteiger partial charge in [-0.15, -0.1) is 0 Å². The molecule has 0 amide bonds. The van der Waals surface area contributed by atoms with Crippen molar-refractivity contribution in [1.29, 1.82) is 0 Å². The molecule has 0 saturated carbocycles. The van der Waals surface area contributed by atoms with Gasteiger partial charge in [0, 0.05) is 19.1 Å². The molecule has 0 radical (unpaired) electrons. The van der Waals surface area contributed by atoms with Gasteiger partial charge < -0.3 is 0 Å². The summed E-state index contributed by atoms with van der Waals surface area (Å²) in [5, 5.41) is 2.81. The highest BCUT2D eigenvalue weighted by Gasteiger charge is 2.51. The van der Waals surface area contributed by atoms with Crippen LogP contribution >= 0.6 is 0 Å². The molecule has 1 unspecified atom stereocenters. The van der Waals surface area contributed by atoms with Crippen molar-refractivity contribution in [3.63, 3.8) is 0 Å². The largest absolute Gasteiger partial charge is 0.420 e. The van der Waals surface area contributed by atoms with Gasteiger partial charge in [-0.3, -0.25) is 4.68 Å². The lowest BCUT2D eigenvalue weighted by atomic mass is 9.86. The average Bonchev–Trinajstić information content (AvgIpc) is 3.14. The molecule has 2 bridgehead atoms. The van der Waals surface area contributed by atoms with Crippen LogP contribution in [0.1, 0.15) is 42.7 Å². The van der Waals surface area contributed by atoms with Crippen LogP contribution in [-0.2, 0) is 23.2 Å². The maximum absolute atomic E-state index is 13.3. The number of benzene rings is 1. The highest BCUT2D eigenvalue weighted by Crippen LogP contribution is 2.46. The fourth-order valence-electron chi connectivity index (χ4n) is 4.55. The van der Waals surface area contributed by atoms with E-state index in [4.69, 9.17) is 0 Å². The number of nitrogens with zero attached hydrogens (tertiary/aromatic N) is 3. The predicted octanol–water partition coefficient (Wildman–Crippen LogP) is 3.54. The van der Waals surface area contributed by atoms with Crippen molar-refractivity contribution < 1.29 is 21.6 Å². The lowest BCUT2D eigenvalue weighted by Gasteiger charge is -2.38. The Morgan fingerprint density at radius 3 is 2.22 bits per heavy atom. The van der Waals surface area contributed by atoms with Gasteiger partial charge in [-0.1, -0.05) is 30.3 Å². The minimum Gasteiger partial charge on any atom is -0.256 e. The van der Waals surface area contributed by atoms with Crippen molar-refractivity contribution in [2.24, 2.45) is 7.05 Å². The van der Waals surface area contributed by atoms with Crippen molar-refractivity contribution in [3.05, 3.63) is 47.7 Å². The number of hydrogen-bond donors (Lipinski definition) is 0. The van der Waals surface area contributed by atoms with Crippen LogP contribution in [-0.4, -0.2) is 34.6 Å². The summed E-state index contributed by atoms with van der Waals surface area (Å²) in [5.41, 5.74) is -0.0439. The quantitative estimate of drug-likeness (QED) is 0.793. The summed E-state index contributed by atoms with van der Waals surface area (Å²) in [6.07, 6.45) is -1.58. The van der Waals surface area contributed by atoms with Crippen molar-refractivity contribution in [1.82, 2.24) is 14.1 Å². The third kappa shape index (κ3) is 3.06. The lowest BCUT2D eigenvalue weighted by molar-refractivity contribution is -0.140. The number of rotatable bonds is 3. The third-order valence-electron chi connectivity index (χ3n) is 5.65. The summed E-state index contributed by atoms with van der Waals surface area (Å²) in [5.74, 6) is 0.226. The molecular weight excluding hydrogens is 379 g/mol. The van der Waals surface area contributed by atoms with E-state index < -0.39 is 26.8 Å². The van der Waals surface area contributed by atoms with Crippen molar-refractivity contribution in [3.8, 4) is 0 Å². The molecule has 0 N–H and O–H groups in total. The second-order valence-electron chi connectivity index (χ2n) is 7.28. The Labute approximate surface area is 155 Å². The molecule has 2 aliphatic rings. The Bertz CT molecular complexity index is 927. The molecule has 9 heteroatoms. The SMILES string of the molecule is Cn1ncc(C(F)(F)F)c1S(=O)(=O)N1[C@@H]2CC[C@H]1CC(c1ccccc1)C2. The Kier molecular flexibility index (Phi) is 4.34. The average molecular weight is 399 g/mol. The van der Waals surface area contributed by atoms with Gasteiger partial charge in [0.1, 0.15) is 5.56 Å². The highest BCUT2D eigenvalue weighted by molar-refractivity contribution is 7.89. The third-order valence-corrected chi connectivity index (χ3v) is 7.77. The van der Waals surface area contributed by atoms with Crippen molar-refractivity contribution in [2.45, 2.75) is 54.9 Å². The summed E-state index contributed by atoms with van der Waals surface area (Å²) in [4.78, 5) is 0. The number of aryl methyl sites for hydroxylation is 1. The molecule has 2 fully saturated rings. The molecule has 2 aromatic rings. The van der Waals surface area contributed by atoms with Gasteiger partial charge in [0.25, 0.3) is 10.0 Å². The Morgan fingerprint density at radius 1 is 1.07 bits per heavy atom. The van der Waals surface area contributed by atoms with Crippen LogP contribution in [0.5, 0.6) is 0 Å². The fraction of sp³-hybridized carbons (Fsp3) is 0.500. The summed E-state index contributed by atoms with van der Waals surface area (Å²) >= 11 is 0. The Morgan fingerprint density at radius 2 is 1.67 bits per heavy atom. The molecule has 1 aromatic carbocycles. The molecule has 4 rings (SSSR count). The van der Waals surface area contributed by atoms with Crippen LogP contribution in [0.15, 0.2) is 41.6 Å². The number of piperidine rings is 1. The zero-order chi connectivity index (χ0) is 19.4. The van der Waals surface area contributed by atoms with Gasteiger partial charge in [0.2, 0.25) is 0 Å². The molecule has 0 aliphatic carbocycles. The molecule has 27 heavy (non-hydrogen) atoms. The second kappa shape index (κ2) is 6.34. The summed E-state index contributed by atoms with van der Waals surface area (Å²) in [6, 6.07) is 9.31. The van der Waals surface area contributed by atoms with Crippen LogP contribution in [0.3, 0.4) is 0 Å². The van der Waals surface area contributed by atoms with Crippen molar-refractivity contribution in [2.75, 3.05) is 0 Å². The molecule has 3 atom stereocenters. The first-order chi connectivity index (χ1) is 12.7. The second-order valence-corrected chi connectivity index (χ2v) is 9.04. The number of halogens is 3. The van der Waals surface area contributed by atoms with Gasteiger partial charge in [-0.25, -0.2) is 8.42 Å². The Hall–Kier alpha value is -1.87. The van der Waals surface area contributed by atoms with E-state index >= 15 is 0 Å². The topological polar surface area (TPSA) is 55.2 Å². The highest BCUT2D eigenvalue weighted by atomic mass is 32.2. The van der Waals surface area contributed by atoms with Crippen LogP contribution in [0.4, 0.5) is 13.2 Å². The number of fused-ring (bicyclic) bond motifs is 2. The van der Waals surface area contributed by atoms with Gasteiger partial charge in [0.05, 0.1) is 6.20 Å². The van der Waals surface area contributed by atoms with Gasteiger partial charge in [-0.2, -0.15) is 22.6 Å². The van der Waals surface area contributed by atoms with Crippen LogP contribution in [0.2, 0.25) is 0 Å². The number of alkyl halides is 3. The maximum atomic E-state index is 13.3. The molecule has 3 heterocycles. The fourth-order valence-corrected chi connectivity index (χ4v) is 6.75. The molecule has 146 valence electrons. The summed E-state index contributed by atoms with van der Waals surface area (Å²) in [7, 11) is -3.05. The standard InChI is InChI=1S/C18H20F3N3O2S/c1-23-17(16(11-22-23)18(19,20)21)27(25,26)24-14-7-8-15(24)10-13(9-14)12-5-3-2-4-6-12/h2-6,11,13-15H,7-10H2,1H3/t13?,14-,15+. The van der Waals surface area contributed by atoms with E-state index in [1.165, 1.54) is 11.4 Å². The van der Waals surface area contributed by atoms with E-state index in [0.29, 0.717) is 31.9 Å². The van der Waals surface area contributed by atoms with Crippen LogP contribution in [0, 0.1) is 0 Å². The first-order valence-electron chi connectivity index (χ1n) is 8.87. The van der Waals surface area contributed by atoms with E-state index in [1.807, 2.05) is 30.3 Å². The number of sulfonamides is 1. The predicted molar refractivity (Wildman–Crippen MR) is 92.5 cm³/mol. The molecule has 1 aromatic heterocycles. The van der Waals surface area contributed by atoms with Crippen molar-refractivity contribution >= 4 is 10.0 Å². The normalized spacial score (nSPS) is 26.4. The van der Waals surface area contributed by atoms with E-state index in [9.17, 15) is 21.6 Å². The molecule has 5 nitrogen and oxygen atoms in total. The first-order valence-corrected chi connectivity index (χ1v) is 10.3. The maximum Gasteiger partial charge on any atom is 0.420 e. The number of aromatic nitrogens is 2. The monoisotopic (exact) mass is 399 g/mol. The minimum atomic E-state index is -4.77. The Balaban J connectivity index is 1.69. The van der Waals surface area contributed by atoms with Crippen LogP contribution in [0.25, 0.3) is 0 Å². The lowest BCUT2D eigenvalue weighted by Crippen LogP contribution is -2.46. The van der Waals surface area contributed by atoms with E-state index in [2.05, 4.69) is 5.10 Å². The van der Waals surface area contributed by atoms with Gasteiger partial charge >= 0.3 is 6.18 Å². The van der Waals surface area contributed by atoms with E-state index in [-0.39, 0.29) is 18.0 Å². The molecule has 2 saturated heterocycles. The van der Waals surface area contributed by atoms with E-state index in [1.54, 1.807) is 0 Å². The van der Waals surface area contributed by atoms with Gasteiger partial charge in [-0.05, 0) is 37.2 Å². The molecule has 0 spiro atoms. The zero-order valence-electron chi connectivity index (χ0n) is 14.7. The summed E-state index contributed by atoms with van der Waals surface area (Å²) in [6.45, 7) is 0. The first kappa shape index (κ1) is 18.5. The van der Waals surface area contributed by atoms with Crippen LogP contribution < -0.4 is 0 Å². The minimum absolute atomic E-state index is 0.226. The smallest absolute Gasteiger partial charge is 0.256 e. The number of hydrogen-bond acceptors (Lipinski definition) is 3.